The van der Waals surface area contributed by atoms with E-state index in [2.05, 4.69) is 34.2 Å². The van der Waals surface area contributed by atoms with Crippen molar-refractivity contribution in [3.63, 3.8) is 0 Å². The third-order valence-corrected chi connectivity index (χ3v) is 0.963. The van der Waals surface area contributed by atoms with Crippen molar-refractivity contribution in [3.05, 3.63) is 0 Å². The summed E-state index contributed by atoms with van der Waals surface area (Å²) in [5.41, 5.74) is 0. The lowest BCUT2D eigenvalue weighted by atomic mass is 10.9. The lowest BCUT2D eigenvalue weighted by Crippen LogP contribution is -2.28. The van der Waals surface area contributed by atoms with Crippen LogP contribution in [0.2, 0.25) is 0 Å². The molecule has 0 bridgehead atoms. The SMILES string of the molecule is CN(C)C(OS)OS. The minimum atomic E-state index is -0.485. The van der Waals surface area contributed by atoms with Gasteiger partial charge in [-0.3, -0.25) is 13.3 Å². The summed E-state index contributed by atoms with van der Waals surface area (Å²) in [6.07, 6.45) is -0.485. The first-order valence-corrected chi connectivity index (χ1v) is 2.72. The summed E-state index contributed by atoms with van der Waals surface area (Å²) in [5, 5.41) is 0. The Bertz CT molecular complexity index is 57.2. The molecular formula is C3H9NO2S2. The number of thiol groups is 2. The van der Waals surface area contributed by atoms with Crippen LogP contribution in [0.15, 0.2) is 0 Å². The van der Waals surface area contributed by atoms with Gasteiger partial charge >= 0.3 is 0 Å². The van der Waals surface area contributed by atoms with E-state index in [-0.39, 0.29) is 0 Å². The Morgan fingerprint density at radius 1 is 1.25 bits per heavy atom. The van der Waals surface area contributed by atoms with Crippen molar-refractivity contribution in [2.24, 2.45) is 0 Å². The Kier molecular flexibility index (Phi) is 4.78. The zero-order valence-corrected chi connectivity index (χ0v) is 6.52. The van der Waals surface area contributed by atoms with Gasteiger partial charge in [0.25, 0.3) is 0 Å². The molecule has 0 heterocycles. The third-order valence-electron chi connectivity index (χ3n) is 0.602. The molecule has 0 aliphatic heterocycles. The number of nitrogens with zero attached hydrogens (tertiary/aromatic N) is 1. The van der Waals surface area contributed by atoms with Gasteiger partial charge in [0, 0.05) is 0 Å². The lowest BCUT2D eigenvalue weighted by molar-refractivity contribution is -0.0648. The summed E-state index contributed by atoms with van der Waals surface area (Å²) in [4.78, 5) is 1.68. The Hall–Kier alpha value is 0.580. The fourth-order valence-corrected chi connectivity index (χ4v) is 0.739. The molecular weight excluding hydrogens is 146 g/mol. The molecule has 0 saturated carbocycles. The molecule has 0 aromatic rings. The molecule has 0 spiro atoms. The molecule has 0 unspecified atom stereocenters. The van der Waals surface area contributed by atoms with Crippen molar-refractivity contribution < 1.29 is 8.37 Å². The summed E-state index contributed by atoms with van der Waals surface area (Å²) < 4.78 is 8.97. The van der Waals surface area contributed by atoms with Crippen molar-refractivity contribution in [1.29, 1.82) is 0 Å². The van der Waals surface area contributed by atoms with E-state index >= 15 is 0 Å². The maximum atomic E-state index is 4.48. The molecule has 0 aromatic heterocycles. The summed E-state index contributed by atoms with van der Waals surface area (Å²) in [6, 6.07) is 0. The first-order valence-electron chi connectivity index (χ1n) is 1.99. The van der Waals surface area contributed by atoms with Crippen LogP contribution in [-0.2, 0) is 8.37 Å². The monoisotopic (exact) mass is 155 g/mol. The van der Waals surface area contributed by atoms with E-state index in [4.69, 9.17) is 0 Å². The van der Waals surface area contributed by atoms with Crippen LogP contribution in [0.25, 0.3) is 0 Å². The van der Waals surface area contributed by atoms with Crippen LogP contribution in [0.4, 0.5) is 0 Å². The molecule has 8 heavy (non-hydrogen) atoms. The smallest absolute Gasteiger partial charge is 0.241 e. The molecule has 0 fully saturated rings. The second-order valence-corrected chi connectivity index (χ2v) is 1.90. The van der Waals surface area contributed by atoms with Gasteiger partial charge in [-0.1, -0.05) is 0 Å². The molecule has 3 nitrogen and oxygen atoms in total. The summed E-state index contributed by atoms with van der Waals surface area (Å²) in [5.74, 6) is 0. The van der Waals surface area contributed by atoms with Gasteiger partial charge in [0.2, 0.25) is 6.41 Å². The quantitative estimate of drug-likeness (QED) is 0.353. The summed E-state index contributed by atoms with van der Waals surface area (Å²) >= 11 is 7.04. The average molecular weight is 155 g/mol. The van der Waals surface area contributed by atoms with E-state index in [0.717, 1.165) is 0 Å². The van der Waals surface area contributed by atoms with Gasteiger partial charge in [0.15, 0.2) is 0 Å². The van der Waals surface area contributed by atoms with Gasteiger partial charge in [-0.25, -0.2) is 0 Å². The van der Waals surface area contributed by atoms with Gasteiger partial charge in [0.05, 0.1) is 0 Å². The lowest BCUT2D eigenvalue weighted by Gasteiger charge is -2.17. The van der Waals surface area contributed by atoms with Crippen molar-refractivity contribution in [2.45, 2.75) is 6.41 Å². The molecule has 0 saturated heterocycles. The van der Waals surface area contributed by atoms with Crippen LogP contribution >= 0.6 is 25.8 Å². The van der Waals surface area contributed by atoms with Gasteiger partial charge in [-0.05, 0) is 39.9 Å². The Labute approximate surface area is 60.2 Å². The number of hydrogen-bond donors (Lipinski definition) is 2. The second kappa shape index (κ2) is 4.46. The van der Waals surface area contributed by atoms with Crippen molar-refractivity contribution in [1.82, 2.24) is 4.90 Å². The van der Waals surface area contributed by atoms with E-state index < -0.39 is 6.41 Å². The van der Waals surface area contributed by atoms with E-state index in [1.54, 1.807) is 19.0 Å². The molecule has 0 amide bonds. The van der Waals surface area contributed by atoms with E-state index in [1.165, 1.54) is 0 Å². The maximum Gasteiger partial charge on any atom is 0.241 e. The summed E-state index contributed by atoms with van der Waals surface area (Å²) in [6.45, 7) is 0. The highest BCUT2D eigenvalue weighted by atomic mass is 32.1. The van der Waals surface area contributed by atoms with Crippen LogP contribution in [0.1, 0.15) is 0 Å². The molecule has 0 N–H and O–H groups in total. The van der Waals surface area contributed by atoms with Crippen molar-refractivity contribution >= 4 is 25.8 Å². The normalized spacial score (nSPS) is 11.2. The molecule has 0 aromatic carbocycles. The van der Waals surface area contributed by atoms with Crippen LogP contribution in [0.5, 0.6) is 0 Å². The largest absolute Gasteiger partial charge is 0.272 e. The molecule has 5 heteroatoms. The van der Waals surface area contributed by atoms with Gasteiger partial charge in [-0.15, -0.1) is 0 Å². The van der Waals surface area contributed by atoms with E-state index in [1.807, 2.05) is 0 Å². The van der Waals surface area contributed by atoms with Crippen molar-refractivity contribution in [2.75, 3.05) is 14.1 Å². The van der Waals surface area contributed by atoms with Crippen LogP contribution < -0.4 is 0 Å². The molecule has 0 rings (SSSR count). The molecule has 0 atom stereocenters. The highest BCUT2D eigenvalue weighted by molar-refractivity contribution is 7.75. The Morgan fingerprint density at radius 3 is 1.62 bits per heavy atom. The molecule has 0 aliphatic rings. The van der Waals surface area contributed by atoms with Gasteiger partial charge in [0.1, 0.15) is 0 Å². The highest BCUT2D eigenvalue weighted by Crippen LogP contribution is 2.01. The van der Waals surface area contributed by atoms with Gasteiger partial charge in [-0.2, -0.15) is 0 Å². The topological polar surface area (TPSA) is 21.7 Å². The second-order valence-electron chi connectivity index (χ2n) is 1.48. The number of rotatable bonds is 3. The van der Waals surface area contributed by atoms with Crippen molar-refractivity contribution in [3.8, 4) is 0 Å². The first-order chi connectivity index (χ1) is 3.72. The van der Waals surface area contributed by atoms with E-state index in [0.29, 0.717) is 0 Å². The van der Waals surface area contributed by atoms with E-state index in [9.17, 15) is 0 Å². The first kappa shape index (κ1) is 8.58. The zero-order valence-electron chi connectivity index (χ0n) is 4.74. The third kappa shape index (κ3) is 2.78. The number of hydrogen-bond acceptors (Lipinski definition) is 5. The Morgan fingerprint density at radius 2 is 1.62 bits per heavy atom. The fraction of sp³-hybridized carbons (Fsp3) is 1.00. The molecule has 50 valence electrons. The van der Waals surface area contributed by atoms with Crippen LogP contribution in [0, 0.1) is 0 Å². The van der Waals surface area contributed by atoms with Crippen LogP contribution in [0.3, 0.4) is 0 Å². The fourth-order valence-electron chi connectivity index (χ4n) is 0.208. The molecule has 0 radical (unpaired) electrons. The Balaban J connectivity index is 3.35. The minimum absolute atomic E-state index is 0.485. The summed E-state index contributed by atoms with van der Waals surface area (Å²) in [7, 11) is 3.58. The zero-order chi connectivity index (χ0) is 6.57. The minimum Gasteiger partial charge on any atom is -0.272 e. The van der Waals surface area contributed by atoms with Gasteiger partial charge < -0.3 is 0 Å². The highest BCUT2D eigenvalue weighted by Gasteiger charge is 2.06. The van der Waals surface area contributed by atoms with Crippen LogP contribution in [-0.4, -0.2) is 25.4 Å². The predicted octanol–water partition coefficient (Wildman–Crippen LogP) is 0.554. The average Bonchev–Trinajstić information content (AvgIpc) is 1.69. The predicted molar refractivity (Wildman–Crippen MR) is 37.6 cm³/mol. The maximum absolute atomic E-state index is 4.48. The standard InChI is InChI=1S/C3H9NO2S2/c1-4(2)3(5-7)6-8/h3,7-8H,1-2H3. The molecule has 0 aliphatic carbocycles.